The molecule has 9 nitrogen and oxygen atoms in total. The molecule has 1 fully saturated rings. The van der Waals surface area contributed by atoms with Crippen molar-refractivity contribution < 1.29 is 9.32 Å². The lowest BCUT2D eigenvalue weighted by molar-refractivity contribution is 0.0709. The van der Waals surface area contributed by atoms with Crippen molar-refractivity contribution in [3.63, 3.8) is 0 Å². The van der Waals surface area contributed by atoms with Crippen LogP contribution >= 0.6 is 0 Å². The number of fused-ring (bicyclic) bond motifs is 1. The minimum Gasteiger partial charge on any atom is -0.350 e. The van der Waals surface area contributed by atoms with Gasteiger partial charge in [0.15, 0.2) is 0 Å². The molecular formula is C25H23N7O2. The standard InChI is InChI=1S/C25H23N7O2/c1-16-9-10-21(32-26-11-12-27-32)18(14-16)25(33)31-13-5-8-22(31)24-28-23(29-34-24)19-15-30(2)20-7-4-3-6-17(19)20/h3-4,6-7,9-12,14-15,22H,5,8,13H2,1-2H3. The van der Waals surface area contributed by atoms with Crippen molar-refractivity contribution in [2.24, 2.45) is 7.05 Å². The molecule has 2 aromatic carbocycles. The minimum absolute atomic E-state index is 0.0941. The largest absolute Gasteiger partial charge is 0.350 e. The summed E-state index contributed by atoms with van der Waals surface area (Å²) in [4.78, 5) is 21.7. The SMILES string of the molecule is Cc1ccc(-n2nccn2)c(C(=O)N2CCCC2c2nc(-c3cn(C)c4ccccc34)no2)c1. The quantitative estimate of drug-likeness (QED) is 0.407. The molecule has 1 amide bonds. The van der Waals surface area contributed by atoms with Crippen LogP contribution in [0.3, 0.4) is 0 Å². The molecule has 0 saturated carbocycles. The van der Waals surface area contributed by atoms with E-state index in [0.29, 0.717) is 29.5 Å². The van der Waals surface area contributed by atoms with E-state index in [1.54, 1.807) is 12.4 Å². The van der Waals surface area contributed by atoms with E-state index in [-0.39, 0.29) is 11.9 Å². The number of hydrogen-bond donors (Lipinski definition) is 0. The monoisotopic (exact) mass is 453 g/mol. The predicted octanol–water partition coefficient (Wildman–Crippen LogP) is 4.09. The molecule has 6 rings (SSSR count). The van der Waals surface area contributed by atoms with Gasteiger partial charge in [0.1, 0.15) is 6.04 Å². The molecule has 1 atom stereocenters. The molecule has 170 valence electrons. The average Bonchev–Trinajstić information content (AvgIpc) is 3.65. The molecule has 34 heavy (non-hydrogen) atoms. The highest BCUT2D eigenvalue weighted by molar-refractivity contribution is 5.98. The van der Waals surface area contributed by atoms with Gasteiger partial charge in [-0.05, 0) is 38.0 Å². The molecular weight excluding hydrogens is 430 g/mol. The number of benzene rings is 2. The van der Waals surface area contributed by atoms with Crippen LogP contribution in [-0.2, 0) is 7.05 Å². The molecule has 0 bridgehead atoms. The zero-order valence-corrected chi connectivity index (χ0v) is 18.9. The first kappa shape index (κ1) is 20.3. The van der Waals surface area contributed by atoms with Gasteiger partial charge >= 0.3 is 0 Å². The topological polar surface area (TPSA) is 94.9 Å². The van der Waals surface area contributed by atoms with Gasteiger partial charge in [0.2, 0.25) is 11.7 Å². The molecule has 1 aliphatic heterocycles. The van der Waals surface area contributed by atoms with Gasteiger partial charge in [-0.15, -0.1) is 0 Å². The fourth-order valence-electron chi connectivity index (χ4n) is 4.76. The predicted molar refractivity (Wildman–Crippen MR) is 125 cm³/mol. The number of amides is 1. The summed E-state index contributed by atoms with van der Waals surface area (Å²) in [5.74, 6) is 0.895. The highest BCUT2D eigenvalue weighted by atomic mass is 16.5. The second-order valence-electron chi connectivity index (χ2n) is 8.62. The van der Waals surface area contributed by atoms with Crippen molar-refractivity contribution in [1.29, 1.82) is 0 Å². The summed E-state index contributed by atoms with van der Waals surface area (Å²) in [6, 6.07) is 13.5. The maximum atomic E-state index is 13.7. The summed E-state index contributed by atoms with van der Waals surface area (Å²) in [6.45, 7) is 2.59. The second-order valence-corrected chi connectivity index (χ2v) is 8.62. The van der Waals surface area contributed by atoms with Crippen LogP contribution in [0.25, 0.3) is 28.0 Å². The zero-order valence-electron chi connectivity index (χ0n) is 18.9. The first-order chi connectivity index (χ1) is 16.6. The Kier molecular flexibility index (Phi) is 4.75. The average molecular weight is 454 g/mol. The normalized spacial score (nSPS) is 15.9. The number of aryl methyl sites for hydroxylation is 2. The summed E-state index contributed by atoms with van der Waals surface area (Å²) in [6.07, 6.45) is 6.83. The van der Waals surface area contributed by atoms with Crippen molar-refractivity contribution >= 4 is 16.8 Å². The highest BCUT2D eigenvalue weighted by Crippen LogP contribution is 2.35. The maximum absolute atomic E-state index is 13.7. The summed E-state index contributed by atoms with van der Waals surface area (Å²) < 4.78 is 7.76. The van der Waals surface area contributed by atoms with Gasteiger partial charge in [-0.25, -0.2) is 0 Å². The molecule has 1 unspecified atom stereocenters. The number of para-hydroxylation sites is 1. The second kappa shape index (κ2) is 7.95. The van der Waals surface area contributed by atoms with Crippen LogP contribution in [0, 0.1) is 6.92 Å². The molecule has 0 N–H and O–H groups in total. The number of aromatic nitrogens is 6. The third kappa shape index (κ3) is 3.28. The molecule has 0 spiro atoms. The Hall–Kier alpha value is -4.27. The third-order valence-electron chi connectivity index (χ3n) is 6.40. The molecule has 0 aliphatic carbocycles. The van der Waals surface area contributed by atoms with Crippen LogP contribution in [0.1, 0.15) is 40.7 Å². The van der Waals surface area contributed by atoms with Gasteiger partial charge < -0.3 is 14.0 Å². The minimum atomic E-state index is -0.275. The lowest BCUT2D eigenvalue weighted by Gasteiger charge is -2.23. The van der Waals surface area contributed by atoms with Crippen LogP contribution in [0.4, 0.5) is 0 Å². The van der Waals surface area contributed by atoms with E-state index >= 15 is 0 Å². The lowest BCUT2D eigenvalue weighted by atomic mass is 10.1. The maximum Gasteiger partial charge on any atom is 0.256 e. The molecule has 1 aliphatic rings. The van der Waals surface area contributed by atoms with E-state index in [0.717, 1.165) is 34.9 Å². The smallest absolute Gasteiger partial charge is 0.256 e. The molecule has 0 radical (unpaired) electrons. The third-order valence-corrected chi connectivity index (χ3v) is 6.40. The van der Waals surface area contributed by atoms with Crippen molar-refractivity contribution in [3.05, 3.63) is 78.1 Å². The van der Waals surface area contributed by atoms with Gasteiger partial charge in [0.05, 0.1) is 23.6 Å². The van der Waals surface area contributed by atoms with E-state index in [4.69, 9.17) is 9.51 Å². The van der Waals surface area contributed by atoms with Crippen LogP contribution in [-0.4, -0.2) is 47.1 Å². The van der Waals surface area contributed by atoms with Crippen molar-refractivity contribution in [3.8, 4) is 17.1 Å². The fourth-order valence-corrected chi connectivity index (χ4v) is 4.76. The van der Waals surface area contributed by atoms with E-state index in [1.165, 1.54) is 4.80 Å². The van der Waals surface area contributed by atoms with Gasteiger partial charge in [0.25, 0.3) is 5.91 Å². The summed E-state index contributed by atoms with van der Waals surface area (Å²) >= 11 is 0. The highest BCUT2D eigenvalue weighted by Gasteiger charge is 2.36. The number of carbonyl (C=O) groups is 1. The Balaban J connectivity index is 1.35. The molecule has 1 saturated heterocycles. The van der Waals surface area contributed by atoms with Gasteiger partial charge in [0, 0.05) is 36.3 Å². The van der Waals surface area contributed by atoms with Crippen LogP contribution in [0.2, 0.25) is 0 Å². The van der Waals surface area contributed by atoms with Crippen LogP contribution in [0.5, 0.6) is 0 Å². The van der Waals surface area contributed by atoms with Crippen molar-refractivity contribution in [2.75, 3.05) is 6.54 Å². The van der Waals surface area contributed by atoms with Crippen molar-refractivity contribution in [1.82, 2.24) is 34.6 Å². The fraction of sp³-hybridized carbons (Fsp3) is 0.240. The summed E-state index contributed by atoms with van der Waals surface area (Å²) in [5.41, 5.74) is 4.20. The Morgan fingerprint density at radius 3 is 2.79 bits per heavy atom. The number of hydrogen-bond acceptors (Lipinski definition) is 6. The molecule has 4 heterocycles. The Labute approximate surface area is 195 Å². The Morgan fingerprint density at radius 2 is 1.94 bits per heavy atom. The van der Waals surface area contributed by atoms with Crippen molar-refractivity contribution in [2.45, 2.75) is 25.8 Å². The first-order valence-corrected chi connectivity index (χ1v) is 11.3. The number of rotatable bonds is 4. The summed E-state index contributed by atoms with van der Waals surface area (Å²) in [7, 11) is 2.00. The van der Waals surface area contributed by atoms with Gasteiger partial charge in [-0.3, -0.25) is 4.79 Å². The zero-order chi connectivity index (χ0) is 23.2. The number of carbonyl (C=O) groups excluding carboxylic acids is 1. The van der Waals surface area contributed by atoms with E-state index < -0.39 is 0 Å². The summed E-state index contributed by atoms with van der Waals surface area (Å²) in [5, 5.41) is 13.8. The Bertz CT molecular complexity index is 1500. The molecule has 5 aromatic rings. The molecule has 9 heteroatoms. The lowest BCUT2D eigenvalue weighted by Crippen LogP contribution is -2.31. The number of likely N-dealkylation sites (tertiary alicyclic amines) is 1. The number of nitrogens with zero attached hydrogens (tertiary/aromatic N) is 7. The molecule has 3 aromatic heterocycles. The first-order valence-electron chi connectivity index (χ1n) is 11.3. The van der Waals surface area contributed by atoms with Gasteiger partial charge in [-0.1, -0.05) is 35.0 Å². The van der Waals surface area contributed by atoms with Crippen LogP contribution in [0.15, 0.2) is 65.6 Å². The van der Waals surface area contributed by atoms with E-state index in [2.05, 4.69) is 32.1 Å². The van der Waals surface area contributed by atoms with E-state index in [9.17, 15) is 4.79 Å². The Morgan fingerprint density at radius 1 is 1.12 bits per heavy atom. The van der Waals surface area contributed by atoms with Gasteiger partial charge in [-0.2, -0.15) is 20.0 Å². The van der Waals surface area contributed by atoms with Crippen LogP contribution < -0.4 is 0 Å². The van der Waals surface area contributed by atoms with E-state index in [1.807, 2.05) is 55.4 Å².